The molecule has 8 heteroatoms. The van der Waals surface area contributed by atoms with Crippen LogP contribution in [-0.4, -0.2) is 46.0 Å². The molecule has 0 aliphatic heterocycles. The lowest BCUT2D eigenvalue weighted by molar-refractivity contribution is -0.142. The van der Waals surface area contributed by atoms with Crippen molar-refractivity contribution in [2.24, 2.45) is 0 Å². The van der Waals surface area contributed by atoms with Crippen molar-refractivity contribution >= 4 is 12.1 Å². The molecule has 1 heterocycles. The molecule has 1 rings (SSSR count). The Hall–Kier alpha value is -2.35. The lowest BCUT2D eigenvalue weighted by Gasteiger charge is -2.24. The van der Waals surface area contributed by atoms with Crippen molar-refractivity contribution in [2.75, 3.05) is 7.11 Å². The second kappa shape index (κ2) is 7.08. The molecule has 0 aliphatic carbocycles. The summed E-state index contributed by atoms with van der Waals surface area (Å²) in [7, 11) is 1.43. The van der Waals surface area contributed by atoms with E-state index in [1.54, 1.807) is 20.8 Å². The molecule has 8 nitrogen and oxygen atoms in total. The van der Waals surface area contributed by atoms with Gasteiger partial charge in [-0.25, -0.2) is 14.6 Å². The number of pyridine rings is 1. The number of aliphatic hydroxyl groups excluding tert-OH is 1. The van der Waals surface area contributed by atoms with Gasteiger partial charge in [-0.2, -0.15) is 0 Å². The molecule has 0 unspecified atom stereocenters. The molecule has 0 aliphatic rings. The quantitative estimate of drug-likeness (QED) is 0.745. The zero-order valence-electron chi connectivity index (χ0n) is 12.9. The molecule has 2 atom stereocenters. The third-order valence-corrected chi connectivity index (χ3v) is 2.56. The summed E-state index contributed by atoms with van der Waals surface area (Å²) >= 11 is 0. The van der Waals surface area contributed by atoms with Crippen LogP contribution in [0.1, 0.15) is 32.4 Å². The van der Waals surface area contributed by atoms with E-state index >= 15 is 0 Å². The summed E-state index contributed by atoms with van der Waals surface area (Å²) in [5.41, 5.74) is -0.552. The van der Waals surface area contributed by atoms with Gasteiger partial charge < -0.3 is 25.0 Å². The number of hydrogen-bond acceptors (Lipinski definition) is 6. The van der Waals surface area contributed by atoms with Gasteiger partial charge in [0.1, 0.15) is 11.7 Å². The van der Waals surface area contributed by atoms with Crippen LogP contribution >= 0.6 is 0 Å². The monoisotopic (exact) mass is 312 g/mol. The molecule has 0 aromatic carbocycles. The highest BCUT2D eigenvalue weighted by Crippen LogP contribution is 2.19. The maximum Gasteiger partial charge on any atom is 0.408 e. The zero-order valence-corrected chi connectivity index (χ0v) is 12.9. The average molecular weight is 312 g/mol. The number of carbonyl (C=O) groups excluding carboxylic acids is 1. The first-order chi connectivity index (χ1) is 10.1. The number of hydrogen-bond donors (Lipinski definition) is 3. The number of carboxylic acid groups (broad SMARTS) is 1. The average Bonchev–Trinajstić information content (AvgIpc) is 2.42. The number of alkyl carbamates (subject to hydrolysis) is 1. The van der Waals surface area contributed by atoms with Gasteiger partial charge >= 0.3 is 12.1 Å². The molecule has 0 saturated heterocycles. The van der Waals surface area contributed by atoms with E-state index < -0.39 is 29.8 Å². The zero-order chi connectivity index (χ0) is 16.9. The van der Waals surface area contributed by atoms with Crippen LogP contribution in [0.15, 0.2) is 18.3 Å². The summed E-state index contributed by atoms with van der Waals surface area (Å²) < 4.78 is 9.86. The molecule has 1 aromatic rings. The fourth-order valence-corrected chi connectivity index (χ4v) is 1.59. The van der Waals surface area contributed by atoms with Crippen LogP contribution in [-0.2, 0) is 9.53 Å². The number of carbonyl (C=O) groups is 2. The highest BCUT2D eigenvalue weighted by atomic mass is 16.6. The van der Waals surface area contributed by atoms with E-state index in [4.69, 9.17) is 9.47 Å². The molecular weight excluding hydrogens is 292 g/mol. The molecular formula is C14H20N2O6. The van der Waals surface area contributed by atoms with Crippen LogP contribution in [0.5, 0.6) is 5.88 Å². The first kappa shape index (κ1) is 17.7. The number of aliphatic hydroxyl groups is 1. The van der Waals surface area contributed by atoms with Gasteiger partial charge in [0.05, 0.1) is 7.11 Å². The second-order valence-corrected chi connectivity index (χ2v) is 5.54. The largest absolute Gasteiger partial charge is 0.481 e. The predicted molar refractivity (Wildman–Crippen MR) is 76.5 cm³/mol. The normalized spacial score (nSPS) is 13.9. The minimum atomic E-state index is -1.56. The highest BCUT2D eigenvalue weighted by Gasteiger charge is 2.31. The maximum atomic E-state index is 11.7. The molecule has 3 N–H and O–H groups in total. The summed E-state index contributed by atoms with van der Waals surface area (Å²) in [6.45, 7) is 4.94. The van der Waals surface area contributed by atoms with Crippen molar-refractivity contribution in [1.82, 2.24) is 10.3 Å². The van der Waals surface area contributed by atoms with E-state index in [0.29, 0.717) is 5.88 Å². The fourth-order valence-electron chi connectivity index (χ4n) is 1.59. The summed E-state index contributed by atoms with van der Waals surface area (Å²) in [6.07, 6.45) is -1.14. The predicted octanol–water partition coefficient (Wildman–Crippen LogP) is 1.10. The molecule has 0 fully saturated rings. The third kappa shape index (κ3) is 5.21. The number of nitrogens with zero attached hydrogens (tertiary/aromatic N) is 1. The van der Waals surface area contributed by atoms with Crippen LogP contribution in [0.2, 0.25) is 0 Å². The second-order valence-electron chi connectivity index (χ2n) is 5.54. The number of ether oxygens (including phenoxy) is 2. The highest BCUT2D eigenvalue weighted by molar-refractivity contribution is 5.80. The number of rotatable bonds is 5. The smallest absolute Gasteiger partial charge is 0.408 e. The first-order valence-electron chi connectivity index (χ1n) is 6.54. The van der Waals surface area contributed by atoms with E-state index in [1.165, 1.54) is 25.4 Å². The minimum absolute atomic E-state index is 0.226. The molecule has 1 amide bonds. The number of amides is 1. The van der Waals surface area contributed by atoms with Gasteiger partial charge in [-0.1, -0.05) is 0 Å². The van der Waals surface area contributed by atoms with Crippen LogP contribution in [0, 0.1) is 0 Å². The molecule has 0 saturated carbocycles. The van der Waals surface area contributed by atoms with Crippen LogP contribution < -0.4 is 10.1 Å². The van der Waals surface area contributed by atoms with Crippen molar-refractivity contribution in [3.63, 3.8) is 0 Å². The fraction of sp³-hybridized carbons (Fsp3) is 0.500. The summed E-state index contributed by atoms with van der Waals surface area (Å²) in [4.78, 5) is 26.8. The van der Waals surface area contributed by atoms with Gasteiger partial charge in [0, 0.05) is 17.8 Å². The molecule has 0 spiro atoms. The number of nitrogens with one attached hydrogen (secondary N) is 1. The van der Waals surface area contributed by atoms with Crippen LogP contribution in [0.4, 0.5) is 4.79 Å². The SMILES string of the molecule is COc1ccc([C@@H](O)[C@H](NC(=O)OC(C)(C)C)C(=O)O)cn1. The van der Waals surface area contributed by atoms with Gasteiger partial charge in [0.25, 0.3) is 0 Å². The third-order valence-electron chi connectivity index (χ3n) is 2.56. The maximum absolute atomic E-state index is 11.7. The van der Waals surface area contributed by atoms with Gasteiger partial charge in [-0.05, 0) is 26.8 Å². The Morgan fingerprint density at radius 1 is 1.32 bits per heavy atom. The van der Waals surface area contributed by atoms with E-state index in [-0.39, 0.29) is 5.56 Å². The Morgan fingerprint density at radius 3 is 2.36 bits per heavy atom. The lowest BCUT2D eigenvalue weighted by atomic mass is 10.0. The number of aliphatic carboxylic acids is 1. The van der Waals surface area contributed by atoms with Crippen LogP contribution in [0.25, 0.3) is 0 Å². The number of methoxy groups -OCH3 is 1. The molecule has 122 valence electrons. The molecule has 22 heavy (non-hydrogen) atoms. The lowest BCUT2D eigenvalue weighted by Crippen LogP contribution is -2.46. The molecule has 0 bridgehead atoms. The van der Waals surface area contributed by atoms with Gasteiger partial charge in [-0.3, -0.25) is 0 Å². The molecule has 0 radical (unpaired) electrons. The van der Waals surface area contributed by atoms with Crippen molar-refractivity contribution in [3.8, 4) is 5.88 Å². The topological polar surface area (TPSA) is 118 Å². The van der Waals surface area contributed by atoms with E-state index in [0.717, 1.165) is 0 Å². The molecule has 1 aromatic heterocycles. The standard InChI is InChI=1S/C14H20N2O6/c1-14(2,3)22-13(20)16-10(12(18)19)11(17)8-5-6-9(21-4)15-7-8/h5-7,10-11,17H,1-4H3,(H,16,20)(H,18,19)/t10-,11+/m0/s1. The number of carboxylic acids is 1. The number of aromatic nitrogens is 1. The van der Waals surface area contributed by atoms with Crippen molar-refractivity contribution in [1.29, 1.82) is 0 Å². The summed E-state index contributed by atoms with van der Waals surface area (Å²) in [6, 6.07) is 1.37. The van der Waals surface area contributed by atoms with Crippen LogP contribution in [0.3, 0.4) is 0 Å². The Balaban J connectivity index is 2.85. The first-order valence-corrected chi connectivity index (χ1v) is 6.54. The Labute approximate surface area is 128 Å². The van der Waals surface area contributed by atoms with Crippen molar-refractivity contribution < 1.29 is 29.3 Å². The van der Waals surface area contributed by atoms with Gasteiger partial charge in [-0.15, -0.1) is 0 Å². The van der Waals surface area contributed by atoms with E-state index in [1.807, 2.05) is 0 Å². The van der Waals surface area contributed by atoms with Gasteiger partial charge in [0.15, 0.2) is 6.04 Å². The van der Waals surface area contributed by atoms with Crippen molar-refractivity contribution in [3.05, 3.63) is 23.9 Å². The summed E-state index contributed by atoms with van der Waals surface area (Å²) in [5, 5.41) is 21.4. The Bertz CT molecular complexity index is 523. The Kier molecular flexibility index (Phi) is 5.69. The van der Waals surface area contributed by atoms with Crippen molar-refractivity contribution in [2.45, 2.75) is 38.5 Å². The van der Waals surface area contributed by atoms with Gasteiger partial charge in [0.2, 0.25) is 5.88 Å². The van der Waals surface area contributed by atoms with E-state index in [9.17, 15) is 19.8 Å². The minimum Gasteiger partial charge on any atom is -0.481 e. The summed E-state index contributed by atoms with van der Waals surface area (Å²) in [5.74, 6) is -1.07. The Morgan fingerprint density at radius 2 is 1.95 bits per heavy atom. The van der Waals surface area contributed by atoms with E-state index in [2.05, 4.69) is 10.3 Å².